The molecule has 146 valence electrons. The van der Waals surface area contributed by atoms with Crippen molar-refractivity contribution in [3.63, 3.8) is 0 Å². The Balaban J connectivity index is 2.73. The van der Waals surface area contributed by atoms with Crippen LogP contribution in [-0.2, 0) is 26.1 Å². The summed E-state index contributed by atoms with van der Waals surface area (Å²) in [5, 5.41) is 2.34. The van der Waals surface area contributed by atoms with Gasteiger partial charge in [-0.05, 0) is 44.9 Å². The van der Waals surface area contributed by atoms with Crippen molar-refractivity contribution < 1.29 is 40.1 Å². The van der Waals surface area contributed by atoms with Gasteiger partial charge in [-0.1, -0.05) is 12.1 Å². The average molecular weight is 397 g/mol. The van der Waals surface area contributed by atoms with Gasteiger partial charge in [-0.3, -0.25) is 0 Å². The Morgan fingerprint density at radius 3 is 2.15 bits per heavy atom. The van der Waals surface area contributed by atoms with E-state index in [0.29, 0.717) is 11.8 Å². The van der Waals surface area contributed by atoms with Gasteiger partial charge in [0.05, 0.1) is 6.04 Å². The summed E-state index contributed by atoms with van der Waals surface area (Å²) < 4.78 is 67.5. The number of ether oxygens (including phenoxy) is 1. The van der Waals surface area contributed by atoms with E-state index in [1.165, 1.54) is 12.1 Å². The lowest BCUT2D eigenvalue weighted by Crippen LogP contribution is -2.41. The molecule has 0 radical (unpaired) electrons. The van der Waals surface area contributed by atoms with E-state index in [1.807, 2.05) is 0 Å². The molecule has 0 saturated heterocycles. The van der Waals surface area contributed by atoms with Gasteiger partial charge < -0.3 is 19.0 Å². The second-order valence-corrected chi connectivity index (χ2v) is 7.76. The van der Waals surface area contributed by atoms with E-state index < -0.39 is 39.1 Å². The molecule has 1 rings (SSSR count). The minimum Gasteiger partial charge on any atom is -0.444 e. The number of benzene rings is 1. The molecule has 0 aromatic heterocycles. The summed E-state index contributed by atoms with van der Waals surface area (Å²) >= 11 is 0. The summed E-state index contributed by atoms with van der Waals surface area (Å²) in [6.45, 7) is 4.95. The highest BCUT2D eigenvalue weighted by Gasteiger charge is 2.48. The quantitative estimate of drug-likeness (QED) is 0.450. The fourth-order valence-corrected chi connectivity index (χ4v) is 2.16. The van der Waals surface area contributed by atoms with Gasteiger partial charge in [-0.15, -0.1) is 0 Å². The molecule has 0 bridgehead atoms. The van der Waals surface area contributed by atoms with Gasteiger partial charge >= 0.3 is 21.7 Å². The summed E-state index contributed by atoms with van der Waals surface area (Å²) in [5.41, 5.74) is -5.83. The van der Waals surface area contributed by atoms with Crippen LogP contribution >= 0.6 is 0 Å². The minimum absolute atomic E-state index is 0.0229. The van der Waals surface area contributed by atoms with Crippen molar-refractivity contribution in [1.29, 1.82) is 0 Å². The summed E-state index contributed by atoms with van der Waals surface area (Å²) in [4.78, 5) is 22.7. The van der Waals surface area contributed by atoms with E-state index in [9.17, 15) is 31.2 Å². The third-order valence-corrected chi connectivity index (χ3v) is 3.71. The third kappa shape index (κ3) is 6.90. The van der Waals surface area contributed by atoms with Gasteiger partial charge in [-0.25, -0.2) is 4.79 Å². The molecule has 1 unspecified atom stereocenters. The normalized spacial score (nSPS) is 13.6. The van der Waals surface area contributed by atoms with Crippen molar-refractivity contribution in [2.45, 2.75) is 44.3 Å². The van der Waals surface area contributed by atoms with Gasteiger partial charge in [-0.2, -0.15) is 21.6 Å². The average Bonchev–Trinajstić information content (AvgIpc) is 2.45. The maximum absolute atomic E-state index is 12.3. The number of nitrogens with one attached hydrogen (secondary N) is 1. The Hall–Kier alpha value is -2.30. The number of rotatable bonds is 6. The monoisotopic (exact) mass is 397 g/mol. The molecule has 11 heteroatoms. The highest BCUT2D eigenvalue weighted by atomic mass is 32.2. The van der Waals surface area contributed by atoms with Gasteiger partial charge in [0.15, 0.2) is 0 Å². The number of hydrogen-bond acceptors (Lipinski definition) is 6. The number of alkyl carbamates (subject to hydrolysis) is 1. The van der Waals surface area contributed by atoms with Crippen LogP contribution in [0.3, 0.4) is 0 Å². The lowest BCUT2D eigenvalue weighted by Gasteiger charge is -2.21. The molecule has 0 saturated carbocycles. The van der Waals surface area contributed by atoms with Gasteiger partial charge in [0, 0.05) is 0 Å². The first-order valence-corrected chi connectivity index (χ1v) is 8.69. The standard InChI is InChI=1S/C15H18F3NO6S/c1-14(2,3)24-13(21)19-11(9-20)8-10-4-6-12(7-5-10)25-26(22,23)15(16,17)18/h4-7,9,11H,8H2,1-3H3,(H,19,21). The summed E-state index contributed by atoms with van der Waals surface area (Å²) in [5.74, 6) is -0.533. The van der Waals surface area contributed by atoms with Gasteiger partial charge in [0.2, 0.25) is 0 Å². The summed E-state index contributed by atoms with van der Waals surface area (Å²) in [6.07, 6.45) is -0.303. The van der Waals surface area contributed by atoms with Crippen LogP contribution in [0.25, 0.3) is 0 Å². The van der Waals surface area contributed by atoms with Crippen LogP contribution in [0.15, 0.2) is 24.3 Å². The molecule has 1 aromatic carbocycles. The Morgan fingerprint density at radius 1 is 1.19 bits per heavy atom. The molecule has 1 atom stereocenters. The van der Waals surface area contributed by atoms with Crippen molar-refractivity contribution in [2.75, 3.05) is 0 Å². The van der Waals surface area contributed by atoms with E-state index in [2.05, 4.69) is 9.50 Å². The largest absolute Gasteiger partial charge is 0.534 e. The maximum Gasteiger partial charge on any atom is 0.534 e. The fourth-order valence-electron chi connectivity index (χ4n) is 1.70. The number of carbonyl (C=O) groups excluding carboxylic acids is 2. The Bertz CT molecular complexity index is 738. The summed E-state index contributed by atoms with van der Waals surface area (Å²) in [7, 11) is -5.75. The molecule has 26 heavy (non-hydrogen) atoms. The lowest BCUT2D eigenvalue weighted by molar-refractivity contribution is -0.109. The van der Waals surface area contributed by atoms with Crippen LogP contribution in [0.4, 0.5) is 18.0 Å². The predicted octanol–water partition coefficient (Wildman–Crippen LogP) is 2.55. The molecule has 0 aliphatic carbocycles. The zero-order valence-corrected chi connectivity index (χ0v) is 15.0. The van der Waals surface area contributed by atoms with Crippen molar-refractivity contribution in [1.82, 2.24) is 5.32 Å². The van der Waals surface area contributed by atoms with Gasteiger partial charge in [0.1, 0.15) is 17.6 Å². The van der Waals surface area contributed by atoms with Crippen LogP contribution in [0.2, 0.25) is 0 Å². The molecule has 1 N–H and O–H groups in total. The molecular weight excluding hydrogens is 379 g/mol. The topological polar surface area (TPSA) is 98.8 Å². The molecule has 7 nitrogen and oxygen atoms in total. The molecule has 1 aromatic rings. The van der Waals surface area contributed by atoms with Crippen LogP contribution in [-0.4, -0.2) is 37.9 Å². The second-order valence-electron chi connectivity index (χ2n) is 6.22. The molecule has 0 spiro atoms. The molecule has 0 aliphatic rings. The van der Waals surface area contributed by atoms with E-state index in [4.69, 9.17) is 4.74 Å². The first-order valence-electron chi connectivity index (χ1n) is 7.28. The van der Waals surface area contributed by atoms with Crippen LogP contribution in [0.5, 0.6) is 5.75 Å². The number of carbonyl (C=O) groups is 2. The first kappa shape index (κ1) is 21.7. The van der Waals surface area contributed by atoms with Crippen molar-refractivity contribution in [3.05, 3.63) is 29.8 Å². The SMILES string of the molecule is CC(C)(C)OC(=O)NC(C=O)Cc1ccc(OS(=O)(=O)C(F)(F)F)cc1. The Kier molecular flexibility index (Phi) is 6.64. The van der Waals surface area contributed by atoms with Crippen LogP contribution in [0.1, 0.15) is 26.3 Å². The second kappa shape index (κ2) is 7.94. The zero-order valence-electron chi connectivity index (χ0n) is 14.2. The van der Waals surface area contributed by atoms with E-state index in [0.717, 1.165) is 12.1 Å². The Morgan fingerprint density at radius 2 is 1.73 bits per heavy atom. The molecule has 1 amide bonds. The minimum atomic E-state index is -5.75. The maximum atomic E-state index is 12.3. The molecule has 0 heterocycles. The lowest BCUT2D eigenvalue weighted by atomic mass is 10.1. The Labute approximate surface area is 148 Å². The van der Waals surface area contributed by atoms with Gasteiger partial charge in [0.25, 0.3) is 0 Å². The van der Waals surface area contributed by atoms with E-state index in [1.54, 1.807) is 20.8 Å². The number of hydrogen-bond donors (Lipinski definition) is 1. The highest BCUT2D eigenvalue weighted by molar-refractivity contribution is 7.88. The van der Waals surface area contributed by atoms with Crippen LogP contribution < -0.4 is 9.50 Å². The third-order valence-electron chi connectivity index (χ3n) is 2.73. The van der Waals surface area contributed by atoms with Crippen molar-refractivity contribution >= 4 is 22.5 Å². The first-order chi connectivity index (χ1) is 11.7. The summed E-state index contributed by atoms with van der Waals surface area (Å²) in [6, 6.07) is 3.63. The number of amides is 1. The molecule has 0 fully saturated rings. The smallest absolute Gasteiger partial charge is 0.444 e. The highest BCUT2D eigenvalue weighted by Crippen LogP contribution is 2.27. The number of aldehydes is 1. The molecule has 0 aliphatic heterocycles. The zero-order chi connectivity index (χ0) is 20.2. The van der Waals surface area contributed by atoms with Crippen molar-refractivity contribution in [2.24, 2.45) is 0 Å². The van der Waals surface area contributed by atoms with Crippen LogP contribution in [0, 0.1) is 0 Å². The number of alkyl halides is 3. The fraction of sp³-hybridized carbons (Fsp3) is 0.467. The van der Waals surface area contributed by atoms with E-state index >= 15 is 0 Å². The predicted molar refractivity (Wildman–Crippen MR) is 85.0 cm³/mol. The van der Waals surface area contributed by atoms with E-state index in [-0.39, 0.29) is 6.42 Å². The number of halogens is 3. The van der Waals surface area contributed by atoms with Crippen molar-refractivity contribution in [3.8, 4) is 5.75 Å². The molecular formula is C15H18F3NO6S.